The highest BCUT2D eigenvalue weighted by atomic mass is 16.2. The molecule has 0 aliphatic heterocycles. The van der Waals surface area contributed by atoms with Crippen LogP contribution in [0.1, 0.15) is 13.8 Å². The van der Waals surface area contributed by atoms with Gasteiger partial charge in [-0.2, -0.15) is 0 Å². The second-order valence-electron chi connectivity index (χ2n) is 4.64. The number of fused-ring (bicyclic) bond motifs is 1. The summed E-state index contributed by atoms with van der Waals surface area (Å²) in [5, 5.41) is 11.8. The summed E-state index contributed by atoms with van der Waals surface area (Å²) in [6.45, 7) is 4.80. The van der Waals surface area contributed by atoms with Crippen LogP contribution in [0.15, 0.2) is 36.7 Å². The molecule has 3 rings (SSSR count). The molecule has 1 aromatic carbocycles. The van der Waals surface area contributed by atoms with E-state index < -0.39 is 0 Å². The molecule has 0 radical (unpaired) electrons. The van der Waals surface area contributed by atoms with Crippen LogP contribution in [0.5, 0.6) is 0 Å². The van der Waals surface area contributed by atoms with Crippen molar-refractivity contribution in [1.29, 1.82) is 0 Å². The van der Waals surface area contributed by atoms with Crippen LogP contribution in [0.3, 0.4) is 0 Å². The predicted molar refractivity (Wildman–Crippen MR) is 90.7 cm³/mol. The second kappa shape index (κ2) is 7.42. The van der Waals surface area contributed by atoms with E-state index in [9.17, 15) is 0 Å². The lowest BCUT2D eigenvalue weighted by molar-refractivity contribution is 0.318. The van der Waals surface area contributed by atoms with Crippen LogP contribution >= 0.6 is 0 Å². The topological polar surface area (TPSA) is 99.9 Å². The molecule has 0 unspecified atom stereocenters. The summed E-state index contributed by atoms with van der Waals surface area (Å²) in [4.78, 5) is 11.8. The molecule has 2 heterocycles. The van der Waals surface area contributed by atoms with Crippen molar-refractivity contribution in [2.45, 2.75) is 13.8 Å². The third-order valence-electron chi connectivity index (χ3n) is 2.99. The number of rotatable bonds is 3. The van der Waals surface area contributed by atoms with E-state index in [1.807, 2.05) is 31.2 Å². The molecule has 6 nitrogen and oxygen atoms in total. The smallest absolute Gasteiger partial charge is 0.143 e. The van der Waals surface area contributed by atoms with Crippen LogP contribution in [0.4, 0.5) is 11.5 Å². The Bertz CT molecular complexity index is 721. The van der Waals surface area contributed by atoms with E-state index in [-0.39, 0.29) is 6.61 Å². The summed E-state index contributed by atoms with van der Waals surface area (Å²) in [7, 11) is 0. The molecule has 0 atom stereocenters. The van der Waals surface area contributed by atoms with Gasteiger partial charge in [0.15, 0.2) is 0 Å². The molecule has 116 valence electrons. The highest BCUT2D eigenvalue weighted by Gasteiger charge is 2.08. The number of anilines is 2. The highest BCUT2D eigenvalue weighted by Crippen LogP contribution is 2.26. The Labute approximate surface area is 129 Å². The molecule has 0 fully saturated rings. The van der Waals surface area contributed by atoms with Crippen molar-refractivity contribution in [3.05, 3.63) is 36.7 Å². The number of aliphatic hydroxyl groups is 1. The van der Waals surface area contributed by atoms with Crippen LogP contribution in [-0.2, 0) is 0 Å². The van der Waals surface area contributed by atoms with Crippen LogP contribution in [0.2, 0.25) is 0 Å². The molecular weight excluding hydrogens is 278 g/mol. The lowest BCUT2D eigenvalue weighted by atomic mass is 10.1. The molecule has 0 aliphatic carbocycles. The number of nitrogens with zero attached hydrogens (tertiary/aromatic N) is 2. The monoisotopic (exact) mass is 299 g/mol. The van der Waals surface area contributed by atoms with Gasteiger partial charge in [-0.25, -0.2) is 9.97 Å². The number of nitrogens with two attached hydrogens (primary N) is 1. The van der Waals surface area contributed by atoms with Crippen LogP contribution in [0, 0.1) is 0 Å². The van der Waals surface area contributed by atoms with Crippen molar-refractivity contribution < 1.29 is 5.11 Å². The van der Waals surface area contributed by atoms with Crippen molar-refractivity contribution in [3.63, 3.8) is 0 Å². The largest absolute Gasteiger partial charge is 0.399 e. The number of nitrogen functional groups attached to an aromatic ring is 1. The average molecular weight is 299 g/mol. The van der Waals surface area contributed by atoms with Crippen LogP contribution in [0.25, 0.3) is 22.3 Å². The van der Waals surface area contributed by atoms with E-state index in [0.717, 1.165) is 40.3 Å². The van der Waals surface area contributed by atoms with Crippen molar-refractivity contribution in [2.24, 2.45) is 0 Å². The van der Waals surface area contributed by atoms with Gasteiger partial charge in [-0.15, -0.1) is 0 Å². The van der Waals surface area contributed by atoms with E-state index in [1.54, 1.807) is 13.3 Å². The summed E-state index contributed by atoms with van der Waals surface area (Å²) in [5.74, 6) is 0.852. The number of benzene rings is 1. The summed E-state index contributed by atoms with van der Waals surface area (Å²) in [5.41, 5.74) is 9.38. The fourth-order valence-corrected chi connectivity index (χ4v) is 2.07. The van der Waals surface area contributed by atoms with Gasteiger partial charge in [-0.3, -0.25) is 0 Å². The van der Waals surface area contributed by atoms with E-state index in [1.165, 1.54) is 0 Å². The van der Waals surface area contributed by atoms with E-state index in [2.05, 4.69) is 26.3 Å². The van der Waals surface area contributed by atoms with Gasteiger partial charge >= 0.3 is 0 Å². The Balaban J connectivity index is 0.000000545. The lowest BCUT2D eigenvalue weighted by Gasteiger charge is -2.01. The second-order valence-corrected chi connectivity index (χ2v) is 4.64. The normalized spacial score (nSPS) is 10.1. The van der Waals surface area contributed by atoms with Gasteiger partial charge in [0.05, 0.1) is 5.39 Å². The molecule has 0 aliphatic rings. The van der Waals surface area contributed by atoms with E-state index in [4.69, 9.17) is 10.8 Å². The first-order chi connectivity index (χ1) is 10.7. The molecule has 22 heavy (non-hydrogen) atoms. The van der Waals surface area contributed by atoms with Crippen LogP contribution in [-0.4, -0.2) is 33.2 Å². The third-order valence-corrected chi connectivity index (χ3v) is 2.99. The average Bonchev–Trinajstić information content (AvgIpc) is 2.94. The summed E-state index contributed by atoms with van der Waals surface area (Å²) in [6, 6.07) is 9.80. The van der Waals surface area contributed by atoms with Crippen molar-refractivity contribution in [2.75, 3.05) is 24.2 Å². The Kier molecular flexibility index (Phi) is 5.32. The van der Waals surface area contributed by atoms with Gasteiger partial charge in [0, 0.05) is 24.5 Å². The molecule has 2 aromatic heterocycles. The van der Waals surface area contributed by atoms with Gasteiger partial charge < -0.3 is 21.1 Å². The van der Waals surface area contributed by atoms with Crippen molar-refractivity contribution in [1.82, 2.24) is 15.0 Å². The number of aromatic nitrogens is 3. The minimum atomic E-state index is 0.250. The Morgan fingerprint density at radius 3 is 2.50 bits per heavy atom. The number of aliphatic hydroxyl groups excluding tert-OH is 1. The van der Waals surface area contributed by atoms with Gasteiger partial charge in [0.25, 0.3) is 0 Å². The zero-order chi connectivity index (χ0) is 15.9. The molecular formula is C16H21N5O. The zero-order valence-electron chi connectivity index (χ0n) is 12.8. The Hall–Kier alpha value is -2.60. The molecule has 0 spiro atoms. The van der Waals surface area contributed by atoms with Crippen molar-refractivity contribution in [3.8, 4) is 11.3 Å². The first kappa shape index (κ1) is 15.8. The van der Waals surface area contributed by atoms with E-state index >= 15 is 0 Å². The van der Waals surface area contributed by atoms with Gasteiger partial charge in [0.1, 0.15) is 17.8 Å². The summed E-state index contributed by atoms with van der Waals surface area (Å²) < 4.78 is 0. The number of hydrogen-bond donors (Lipinski definition) is 4. The van der Waals surface area contributed by atoms with Crippen LogP contribution < -0.4 is 11.1 Å². The fourth-order valence-electron chi connectivity index (χ4n) is 2.07. The number of H-pyrrole nitrogens is 1. The lowest BCUT2D eigenvalue weighted by Crippen LogP contribution is -1.99. The molecule has 0 amide bonds. The maximum Gasteiger partial charge on any atom is 0.143 e. The molecule has 0 bridgehead atoms. The number of hydrogen-bond acceptors (Lipinski definition) is 5. The van der Waals surface area contributed by atoms with Gasteiger partial charge in [-0.05, 0) is 37.6 Å². The maximum absolute atomic E-state index is 7.57. The summed E-state index contributed by atoms with van der Waals surface area (Å²) >= 11 is 0. The predicted octanol–water partition coefficient (Wildman–Crippen LogP) is 2.64. The van der Waals surface area contributed by atoms with Crippen molar-refractivity contribution >= 4 is 22.5 Å². The first-order valence-corrected chi connectivity index (χ1v) is 7.23. The molecule has 0 saturated carbocycles. The molecule has 5 N–H and O–H groups in total. The molecule has 3 aromatic rings. The quantitative estimate of drug-likeness (QED) is 0.557. The number of nitrogens with one attached hydrogen (secondary N) is 2. The highest BCUT2D eigenvalue weighted by molar-refractivity contribution is 5.91. The Morgan fingerprint density at radius 1 is 1.18 bits per heavy atom. The van der Waals surface area contributed by atoms with Gasteiger partial charge in [0.2, 0.25) is 0 Å². The SMILES string of the molecule is CCNc1ncnc2[nH]c(-c3ccc(N)cc3)cc12.CCO. The molecule has 0 saturated heterocycles. The standard InChI is InChI=1S/C14H15N5.C2H6O/c1-2-16-13-11-7-12(19-14(11)18-8-17-13)9-3-5-10(15)6-4-9;1-2-3/h3-8H,2,15H2,1H3,(H2,16,17,18,19);3H,2H2,1H3. The van der Waals surface area contributed by atoms with Gasteiger partial charge in [-0.1, -0.05) is 12.1 Å². The minimum Gasteiger partial charge on any atom is -0.399 e. The fraction of sp³-hybridized carbons (Fsp3) is 0.250. The number of aromatic amines is 1. The minimum absolute atomic E-state index is 0.250. The van der Waals surface area contributed by atoms with E-state index in [0.29, 0.717) is 0 Å². The zero-order valence-corrected chi connectivity index (χ0v) is 12.8. The molecule has 6 heteroatoms. The first-order valence-electron chi connectivity index (χ1n) is 7.23. The Morgan fingerprint density at radius 2 is 1.86 bits per heavy atom. The summed E-state index contributed by atoms with van der Waals surface area (Å²) in [6.07, 6.45) is 1.56. The maximum atomic E-state index is 7.57. The third kappa shape index (κ3) is 3.53.